The number of carbonyl (C=O) groups is 1. The Labute approximate surface area is 137 Å². The number of nitrogens with zero attached hydrogens (tertiary/aromatic N) is 4. The minimum atomic E-state index is 0.0937. The van der Waals surface area contributed by atoms with Gasteiger partial charge in [0.25, 0.3) is 5.91 Å². The minimum absolute atomic E-state index is 0.0937. The van der Waals surface area contributed by atoms with E-state index in [2.05, 4.69) is 41.3 Å². The zero-order valence-electron chi connectivity index (χ0n) is 14.1. The van der Waals surface area contributed by atoms with Crippen LogP contribution in [0.25, 0.3) is 0 Å². The van der Waals surface area contributed by atoms with Crippen molar-refractivity contribution < 1.29 is 4.79 Å². The van der Waals surface area contributed by atoms with Gasteiger partial charge in [-0.15, -0.1) is 0 Å². The van der Waals surface area contributed by atoms with Gasteiger partial charge in [-0.2, -0.15) is 5.10 Å². The number of carbonyl (C=O) groups excluding carboxylic acids is 1. The molecule has 1 saturated heterocycles. The van der Waals surface area contributed by atoms with Crippen LogP contribution in [0.1, 0.15) is 34.6 Å². The average molecular weight is 312 g/mol. The van der Waals surface area contributed by atoms with Gasteiger partial charge in [-0.1, -0.05) is 30.3 Å². The lowest BCUT2D eigenvalue weighted by atomic mass is 10.0. The Morgan fingerprint density at radius 3 is 2.65 bits per heavy atom. The first-order valence-corrected chi connectivity index (χ1v) is 8.18. The third kappa shape index (κ3) is 3.15. The van der Waals surface area contributed by atoms with Crippen LogP contribution in [0.3, 0.4) is 0 Å². The Morgan fingerprint density at radius 1 is 1.26 bits per heavy atom. The van der Waals surface area contributed by atoms with Crippen LogP contribution < -0.4 is 0 Å². The molecule has 1 amide bonds. The predicted octanol–water partition coefficient (Wildman–Crippen LogP) is 2.34. The van der Waals surface area contributed by atoms with Crippen molar-refractivity contribution >= 4 is 5.91 Å². The fourth-order valence-electron chi connectivity index (χ4n) is 3.15. The number of hydrogen-bond acceptors (Lipinski definition) is 3. The molecule has 0 saturated carbocycles. The highest BCUT2D eigenvalue weighted by atomic mass is 16.2. The first kappa shape index (κ1) is 15.7. The van der Waals surface area contributed by atoms with E-state index < -0.39 is 0 Å². The second-order valence-corrected chi connectivity index (χ2v) is 6.14. The first-order valence-electron chi connectivity index (χ1n) is 8.18. The van der Waals surface area contributed by atoms with Gasteiger partial charge in [-0.3, -0.25) is 14.4 Å². The van der Waals surface area contributed by atoms with E-state index in [4.69, 9.17) is 0 Å². The van der Waals surface area contributed by atoms with Gasteiger partial charge in [0, 0.05) is 32.4 Å². The predicted molar refractivity (Wildman–Crippen MR) is 90.4 cm³/mol. The van der Waals surface area contributed by atoms with Crippen LogP contribution in [0.4, 0.5) is 0 Å². The normalized spacial score (nSPS) is 19.1. The molecule has 0 N–H and O–H groups in total. The van der Waals surface area contributed by atoms with Crippen LogP contribution in [0, 0.1) is 6.92 Å². The summed E-state index contributed by atoms with van der Waals surface area (Å²) in [5.41, 5.74) is 2.80. The third-order valence-corrected chi connectivity index (χ3v) is 4.62. The SMILES string of the molecule is CCn1cc(C(=O)N2CCN(C)C(c3ccccc3)C2)c(C)n1. The van der Waals surface area contributed by atoms with E-state index >= 15 is 0 Å². The smallest absolute Gasteiger partial charge is 0.257 e. The number of benzene rings is 1. The molecule has 1 aromatic carbocycles. The topological polar surface area (TPSA) is 41.4 Å². The monoisotopic (exact) mass is 312 g/mol. The maximum atomic E-state index is 12.9. The number of likely N-dealkylation sites (N-methyl/N-ethyl adjacent to an activating group) is 1. The van der Waals surface area contributed by atoms with E-state index in [1.807, 2.05) is 35.7 Å². The molecule has 3 rings (SSSR count). The number of hydrogen-bond donors (Lipinski definition) is 0. The van der Waals surface area contributed by atoms with Crippen molar-refractivity contribution in [3.05, 3.63) is 53.3 Å². The molecule has 1 atom stereocenters. The summed E-state index contributed by atoms with van der Waals surface area (Å²) in [7, 11) is 2.12. The molecule has 1 unspecified atom stereocenters. The van der Waals surface area contributed by atoms with Crippen molar-refractivity contribution in [3.63, 3.8) is 0 Å². The van der Waals surface area contributed by atoms with Crippen LogP contribution in [-0.4, -0.2) is 52.2 Å². The summed E-state index contributed by atoms with van der Waals surface area (Å²) >= 11 is 0. The zero-order valence-corrected chi connectivity index (χ0v) is 14.1. The number of rotatable bonds is 3. The summed E-state index contributed by atoms with van der Waals surface area (Å²) in [5, 5.41) is 4.40. The molecule has 1 aliphatic rings. The summed E-state index contributed by atoms with van der Waals surface area (Å²) in [6.45, 7) is 7.08. The summed E-state index contributed by atoms with van der Waals surface area (Å²) in [6.07, 6.45) is 1.87. The van der Waals surface area contributed by atoms with Gasteiger partial charge in [0.15, 0.2) is 0 Å². The van der Waals surface area contributed by atoms with E-state index in [0.29, 0.717) is 0 Å². The fourth-order valence-corrected chi connectivity index (χ4v) is 3.15. The number of amides is 1. The molecule has 2 heterocycles. The van der Waals surface area contributed by atoms with Gasteiger partial charge in [0.05, 0.1) is 17.3 Å². The van der Waals surface area contributed by atoms with Crippen LogP contribution >= 0.6 is 0 Å². The van der Waals surface area contributed by atoms with E-state index in [1.165, 1.54) is 5.56 Å². The highest BCUT2D eigenvalue weighted by Gasteiger charge is 2.30. The van der Waals surface area contributed by atoms with Crippen LogP contribution in [0.2, 0.25) is 0 Å². The summed E-state index contributed by atoms with van der Waals surface area (Å²) in [4.78, 5) is 17.2. The van der Waals surface area contributed by atoms with Crippen molar-refractivity contribution in [1.29, 1.82) is 0 Å². The summed E-state index contributed by atoms with van der Waals surface area (Å²) < 4.78 is 1.83. The van der Waals surface area contributed by atoms with Crippen LogP contribution in [0.15, 0.2) is 36.5 Å². The molecule has 5 nitrogen and oxygen atoms in total. The molecule has 0 spiro atoms. The lowest BCUT2D eigenvalue weighted by Crippen LogP contribution is -2.49. The van der Waals surface area contributed by atoms with Crippen molar-refractivity contribution in [1.82, 2.24) is 19.6 Å². The molecule has 0 aliphatic carbocycles. The van der Waals surface area contributed by atoms with Gasteiger partial charge in [-0.05, 0) is 26.5 Å². The lowest BCUT2D eigenvalue weighted by molar-refractivity contribution is 0.0545. The Hall–Kier alpha value is -2.14. The van der Waals surface area contributed by atoms with E-state index in [-0.39, 0.29) is 11.9 Å². The largest absolute Gasteiger partial charge is 0.335 e. The molecule has 5 heteroatoms. The highest BCUT2D eigenvalue weighted by molar-refractivity contribution is 5.95. The molecule has 2 aromatic rings. The lowest BCUT2D eigenvalue weighted by Gasteiger charge is -2.39. The Kier molecular flexibility index (Phi) is 4.48. The van der Waals surface area contributed by atoms with Crippen LogP contribution in [-0.2, 0) is 6.54 Å². The van der Waals surface area contributed by atoms with E-state index in [0.717, 1.165) is 37.4 Å². The van der Waals surface area contributed by atoms with Gasteiger partial charge >= 0.3 is 0 Å². The first-order chi connectivity index (χ1) is 11.1. The number of piperazine rings is 1. The molecular formula is C18H24N4O. The van der Waals surface area contributed by atoms with Crippen molar-refractivity contribution in [3.8, 4) is 0 Å². The molecule has 0 radical (unpaired) electrons. The maximum absolute atomic E-state index is 12.9. The summed E-state index contributed by atoms with van der Waals surface area (Å²) in [6, 6.07) is 10.7. The van der Waals surface area contributed by atoms with Crippen LogP contribution in [0.5, 0.6) is 0 Å². The van der Waals surface area contributed by atoms with E-state index in [9.17, 15) is 4.79 Å². The number of aryl methyl sites for hydroxylation is 2. The zero-order chi connectivity index (χ0) is 16.4. The second kappa shape index (κ2) is 6.54. The summed E-state index contributed by atoms with van der Waals surface area (Å²) in [5.74, 6) is 0.0937. The molecular weight excluding hydrogens is 288 g/mol. The molecule has 1 fully saturated rings. The standard InChI is InChI=1S/C18H24N4O/c1-4-22-12-16(14(2)19-22)18(23)21-11-10-20(3)17(13-21)15-8-6-5-7-9-15/h5-9,12,17H,4,10-11,13H2,1-3H3. The Balaban J connectivity index is 1.80. The van der Waals surface area contributed by atoms with E-state index in [1.54, 1.807) is 0 Å². The van der Waals surface area contributed by atoms with Gasteiger partial charge < -0.3 is 4.90 Å². The maximum Gasteiger partial charge on any atom is 0.257 e. The van der Waals surface area contributed by atoms with Gasteiger partial charge in [0.2, 0.25) is 0 Å². The Bertz CT molecular complexity index is 680. The molecule has 1 aliphatic heterocycles. The Morgan fingerprint density at radius 2 is 2.00 bits per heavy atom. The highest BCUT2D eigenvalue weighted by Crippen LogP contribution is 2.25. The molecule has 122 valence electrons. The van der Waals surface area contributed by atoms with Crippen molar-refractivity contribution in [2.45, 2.75) is 26.4 Å². The minimum Gasteiger partial charge on any atom is -0.335 e. The second-order valence-electron chi connectivity index (χ2n) is 6.14. The fraction of sp³-hybridized carbons (Fsp3) is 0.444. The van der Waals surface area contributed by atoms with Gasteiger partial charge in [-0.25, -0.2) is 0 Å². The van der Waals surface area contributed by atoms with Crippen molar-refractivity contribution in [2.24, 2.45) is 0 Å². The van der Waals surface area contributed by atoms with Gasteiger partial charge in [0.1, 0.15) is 0 Å². The molecule has 23 heavy (non-hydrogen) atoms. The molecule has 0 bridgehead atoms. The molecule has 1 aromatic heterocycles. The average Bonchev–Trinajstić information content (AvgIpc) is 2.96. The number of aromatic nitrogens is 2. The quantitative estimate of drug-likeness (QED) is 0.873. The van der Waals surface area contributed by atoms with Crippen molar-refractivity contribution in [2.75, 3.05) is 26.7 Å². The third-order valence-electron chi connectivity index (χ3n) is 4.62.